The minimum absolute atomic E-state index is 0.0168. The van der Waals surface area contributed by atoms with Crippen molar-refractivity contribution in [1.82, 2.24) is 0 Å². The van der Waals surface area contributed by atoms with Crippen LogP contribution in [0.15, 0.2) is 83.3 Å². The van der Waals surface area contributed by atoms with Gasteiger partial charge in [0.15, 0.2) is 0 Å². The van der Waals surface area contributed by atoms with Gasteiger partial charge in [0.1, 0.15) is 0 Å². The molecule has 1 heterocycles. The molecule has 4 aromatic carbocycles. The molecule has 0 aliphatic heterocycles. The first-order valence-corrected chi connectivity index (χ1v) is 11.9. The van der Waals surface area contributed by atoms with Crippen molar-refractivity contribution in [3.05, 3.63) is 78.9 Å². The van der Waals surface area contributed by atoms with Crippen molar-refractivity contribution >= 4 is 45.8 Å². The molecule has 4 nitrogen and oxygen atoms in total. The monoisotopic (exact) mass is 490 g/mol. The molecule has 5 heteroatoms. The molecule has 0 radical (unpaired) electrons. The summed E-state index contributed by atoms with van der Waals surface area (Å²) in [5, 5.41) is 3.44. The second-order valence-corrected chi connectivity index (χ2v) is 9.45. The number of furan rings is 1. The van der Waals surface area contributed by atoms with E-state index in [4.69, 9.17) is 18.6 Å². The quantitative estimate of drug-likeness (QED) is 0.317. The molecule has 0 spiro atoms. The summed E-state index contributed by atoms with van der Waals surface area (Å²) in [4.78, 5) is 0. The Morgan fingerprint density at radius 1 is 0.719 bits per heavy atom. The van der Waals surface area contributed by atoms with E-state index in [0.29, 0.717) is 17.2 Å². The van der Waals surface area contributed by atoms with Gasteiger partial charge in [-0.05, 0) is 0 Å². The van der Waals surface area contributed by atoms with Crippen molar-refractivity contribution in [2.45, 2.75) is 0 Å². The Hall–Kier alpha value is -3.40. The molecule has 1 aromatic heterocycles. The van der Waals surface area contributed by atoms with Crippen molar-refractivity contribution in [2.75, 3.05) is 21.3 Å². The van der Waals surface area contributed by atoms with Gasteiger partial charge in [-0.3, -0.25) is 0 Å². The summed E-state index contributed by atoms with van der Waals surface area (Å²) in [7, 11) is 4.89. The Bertz CT molecular complexity index is 1380. The van der Waals surface area contributed by atoms with Crippen LogP contribution in [0.2, 0.25) is 0 Å². The third-order valence-corrected chi connectivity index (χ3v) is 7.51. The second kappa shape index (κ2) is 8.62. The van der Waals surface area contributed by atoms with Crippen LogP contribution in [-0.2, 0) is 0 Å². The fourth-order valence-electron chi connectivity index (χ4n) is 4.00. The van der Waals surface area contributed by atoms with Crippen molar-refractivity contribution in [3.8, 4) is 28.4 Å². The fourth-order valence-corrected chi connectivity index (χ4v) is 6.02. The molecule has 0 saturated heterocycles. The number of hydrogen-bond donors (Lipinski definition) is 0. The van der Waals surface area contributed by atoms with E-state index in [2.05, 4.69) is 60.7 Å². The standard InChI is InChI=1S/C27H22O4Se/c1-28-22-15-18(16-23(29-2)26(22)30-3)24-25-20-12-8-7-9-17(20)13-14-21(25)31-27(24)32-19-10-5-4-6-11-19/h4-16H,1-3H3. The number of methoxy groups -OCH3 is 3. The molecular weight excluding hydrogens is 467 g/mol. The van der Waals surface area contributed by atoms with E-state index < -0.39 is 0 Å². The minimum atomic E-state index is -0.0168. The SMILES string of the molecule is COc1cc(-c2c([Se]c3ccccc3)oc3ccc4ccccc4c23)cc(OC)c1OC. The molecular formula is C27H22O4Se. The Morgan fingerprint density at radius 3 is 2.09 bits per heavy atom. The molecule has 0 unspecified atom stereocenters. The topological polar surface area (TPSA) is 40.8 Å². The summed E-state index contributed by atoms with van der Waals surface area (Å²) >= 11 is -0.0168. The third-order valence-electron chi connectivity index (χ3n) is 5.45. The first-order valence-electron chi connectivity index (χ1n) is 10.2. The number of hydrogen-bond acceptors (Lipinski definition) is 4. The first kappa shape index (κ1) is 20.5. The van der Waals surface area contributed by atoms with Gasteiger partial charge in [0.2, 0.25) is 0 Å². The van der Waals surface area contributed by atoms with Crippen LogP contribution in [-0.4, -0.2) is 36.3 Å². The van der Waals surface area contributed by atoms with E-state index in [0.717, 1.165) is 32.1 Å². The molecule has 32 heavy (non-hydrogen) atoms. The Morgan fingerprint density at radius 2 is 1.41 bits per heavy atom. The zero-order valence-corrected chi connectivity index (χ0v) is 19.8. The summed E-state index contributed by atoms with van der Waals surface area (Å²) < 4.78 is 25.5. The Labute approximate surface area is 192 Å². The maximum absolute atomic E-state index is 6.48. The molecule has 5 aromatic rings. The molecule has 0 aliphatic carbocycles. The predicted molar refractivity (Wildman–Crippen MR) is 130 cm³/mol. The number of fused-ring (bicyclic) bond motifs is 3. The molecule has 5 rings (SSSR count). The summed E-state index contributed by atoms with van der Waals surface area (Å²) in [5.74, 6) is 1.82. The van der Waals surface area contributed by atoms with Gasteiger partial charge in [-0.1, -0.05) is 0 Å². The molecule has 0 bridgehead atoms. The zero-order valence-electron chi connectivity index (χ0n) is 18.0. The molecule has 0 aliphatic rings. The van der Waals surface area contributed by atoms with Crippen molar-refractivity contribution in [3.63, 3.8) is 0 Å². The third kappa shape index (κ3) is 3.50. The van der Waals surface area contributed by atoms with Crippen LogP contribution in [0.3, 0.4) is 0 Å². The van der Waals surface area contributed by atoms with Gasteiger partial charge in [0, 0.05) is 0 Å². The number of rotatable bonds is 6. The normalized spacial score (nSPS) is 11.1. The van der Waals surface area contributed by atoms with Gasteiger partial charge >= 0.3 is 193 Å². The van der Waals surface area contributed by atoms with Crippen molar-refractivity contribution in [2.24, 2.45) is 0 Å². The summed E-state index contributed by atoms with van der Waals surface area (Å²) in [6.07, 6.45) is 0. The average molecular weight is 489 g/mol. The van der Waals surface area contributed by atoms with E-state index >= 15 is 0 Å². The molecule has 0 fully saturated rings. The van der Waals surface area contributed by atoms with E-state index in [-0.39, 0.29) is 15.0 Å². The first-order chi connectivity index (χ1) is 15.7. The van der Waals surface area contributed by atoms with Gasteiger partial charge < -0.3 is 0 Å². The maximum atomic E-state index is 6.48. The van der Waals surface area contributed by atoms with Gasteiger partial charge in [-0.25, -0.2) is 0 Å². The molecule has 0 N–H and O–H groups in total. The predicted octanol–water partition coefficient (Wildman–Crippen LogP) is 4.93. The molecule has 160 valence electrons. The van der Waals surface area contributed by atoms with Gasteiger partial charge in [0.25, 0.3) is 0 Å². The zero-order chi connectivity index (χ0) is 22.1. The summed E-state index contributed by atoms with van der Waals surface area (Å²) in [6.45, 7) is 0. The van der Waals surface area contributed by atoms with Crippen LogP contribution < -0.4 is 23.3 Å². The van der Waals surface area contributed by atoms with Crippen LogP contribution in [0, 0.1) is 0 Å². The van der Waals surface area contributed by atoms with E-state index in [1.807, 2.05) is 18.2 Å². The van der Waals surface area contributed by atoms with Gasteiger partial charge in [-0.2, -0.15) is 0 Å². The number of benzene rings is 4. The van der Waals surface area contributed by atoms with Crippen molar-refractivity contribution < 1.29 is 18.6 Å². The van der Waals surface area contributed by atoms with Crippen LogP contribution in [0.5, 0.6) is 17.2 Å². The van der Waals surface area contributed by atoms with Crippen molar-refractivity contribution in [1.29, 1.82) is 0 Å². The van der Waals surface area contributed by atoms with Crippen LogP contribution >= 0.6 is 0 Å². The molecule has 0 saturated carbocycles. The average Bonchev–Trinajstić information content (AvgIpc) is 3.22. The number of ether oxygens (including phenoxy) is 3. The van der Waals surface area contributed by atoms with Crippen LogP contribution in [0.1, 0.15) is 0 Å². The Balaban J connectivity index is 1.84. The van der Waals surface area contributed by atoms with Crippen LogP contribution in [0.4, 0.5) is 0 Å². The Kier molecular flexibility index (Phi) is 5.52. The van der Waals surface area contributed by atoms with Crippen LogP contribution in [0.25, 0.3) is 32.9 Å². The van der Waals surface area contributed by atoms with E-state index in [1.54, 1.807) is 21.3 Å². The molecule has 0 amide bonds. The van der Waals surface area contributed by atoms with E-state index in [1.165, 1.54) is 9.85 Å². The van der Waals surface area contributed by atoms with E-state index in [9.17, 15) is 0 Å². The second-order valence-electron chi connectivity index (χ2n) is 7.25. The summed E-state index contributed by atoms with van der Waals surface area (Å²) in [5.41, 5.74) is 2.92. The van der Waals surface area contributed by atoms with Gasteiger partial charge in [0.05, 0.1) is 0 Å². The fraction of sp³-hybridized carbons (Fsp3) is 0.111. The molecule has 0 atom stereocenters. The van der Waals surface area contributed by atoms with Gasteiger partial charge in [-0.15, -0.1) is 0 Å². The summed E-state index contributed by atoms with van der Waals surface area (Å²) in [6, 6.07) is 27.0.